The maximum Gasteiger partial charge on any atom is 0.317 e. The lowest BCUT2D eigenvalue weighted by atomic mass is 9.93. The number of hydrogen-bond acceptors (Lipinski definition) is 2. The minimum Gasteiger partial charge on any atom is -0.480 e. The summed E-state index contributed by atoms with van der Waals surface area (Å²) in [5, 5.41) is 8.61. The molecular formula is C9H17NO2. The summed E-state index contributed by atoms with van der Waals surface area (Å²) in [5.74, 6) is 0.0430. The second-order valence-corrected chi connectivity index (χ2v) is 3.84. The number of piperidine rings is 1. The smallest absolute Gasteiger partial charge is 0.317 e. The third-order valence-electron chi connectivity index (χ3n) is 2.61. The first kappa shape index (κ1) is 9.52. The molecule has 1 heterocycles. The summed E-state index contributed by atoms with van der Waals surface area (Å²) in [6.45, 7) is 5.48. The first-order chi connectivity index (χ1) is 5.59. The second kappa shape index (κ2) is 3.90. The van der Waals surface area contributed by atoms with Gasteiger partial charge in [0.2, 0.25) is 0 Å². The van der Waals surface area contributed by atoms with Crippen molar-refractivity contribution in [3.63, 3.8) is 0 Å². The molecule has 70 valence electrons. The Bertz CT molecular complexity index is 170. The Kier molecular flexibility index (Phi) is 3.09. The lowest BCUT2D eigenvalue weighted by Crippen LogP contribution is -2.42. The van der Waals surface area contributed by atoms with Crippen LogP contribution in [0.3, 0.4) is 0 Å². The highest BCUT2D eigenvalue weighted by molar-refractivity contribution is 5.69. The van der Waals surface area contributed by atoms with Crippen molar-refractivity contribution in [3.8, 4) is 0 Å². The number of carbonyl (C=O) groups is 1. The van der Waals surface area contributed by atoms with E-state index in [1.807, 2.05) is 4.90 Å². The molecule has 0 spiro atoms. The zero-order valence-electron chi connectivity index (χ0n) is 7.79. The monoisotopic (exact) mass is 171 g/mol. The van der Waals surface area contributed by atoms with Crippen LogP contribution in [0.25, 0.3) is 0 Å². The van der Waals surface area contributed by atoms with Gasteiger partial charge in [0.1, 0.15) is 0 Å². The normalized spacial score (nSPS) is 31.8. The van der Waals surface area contributed by atoms with Crippen molar-refractivity contribution in [1.82, 2.24) is 4.90 Å². The third kappa shape index (κ3) is 2.48. The van der Waals surface area contributed by atoms with Crippen molar-refractivity contribution in [2.45, 2.75) is 32.7 Å². The highest BCUT2D eigenvalue weighted by atomic mass is 16.4. The van der Waals surface area contributed by atoms with Gasteiger partial charge < -0.3 is 5.11 Å². The van der Waals surface area contributed by atoms with Gasteiger partial charge in [-0.15, -0.1) is 0 Å². The fourth-order valence-electron chi connectivity index (χ4n) is 1.86. The van der Waals surface area contributed by atoms with Crippen LogP contribution in [0.4, 0.5) is 0 Å². The summed E-state index contributed by atoms with van der Waals surface area (Å²) >= 11 is 0. The molecule has 1 aliphatic rings. The van der Waals surface area contributed by atoms with E-state index in [0.29, 0.717) is 6.04 Å². The number of carboxylic acids is 1. The fraction of sp³-hybridized carbons (Fsp3) is 0.889. The van der Waals surface area contributed by atoms with Gasteiger partial charge in [0, 0.05) is 6.04 Å². The van der Waals surface area contributed by atoms with Crippen LogP contribution in [-0.4, -0.2) is 35.1 Å². The van der Waals surface area contributed by atoms with Crippen molar-refractivity contribution in [2.24, 2.45) is 5.92 Å². The van der Waals surface area contributed by atoms with Gasteiger partial charge in [0.05, 0.1) is 6.54 Å². The van der Waals surface area contributed by atoms with E-state index in [-0.39, 0.29) is 6.54 Å². The van der Waals surface area contributed by atoms with E-state index < -0.39 is 5.97 Å². The molecule has 3 nitrogen and oxygen atoms in total. The SMILES string of the molecule is CC1CCN(CC(=O)O)C(C)C1. The standard InChI is InChI=1S/C9H17NO2/c1-7-3-4-10(6-9(11)12)8(2)5-7/h7-8H,3-6H2,1-2H3,(H,11,12). The second-order valence-electron chi connectivity index (χ2n) is 3.84. The summed E-state index contributed by atoms with van der Waals surface area (Å²) in [6.07, 6.45) is 2.27. The van der Waals surface area contributed by atoms with E-state index in [0.717, 1.165) is 25.3 Å². The Labute approximate surface area is 73.4 Å². The lowest BCUT2D eigenvalue weighted by Gasteiger charge is -2.35. The maximum atomic E-state index is 10.5. The molecule has 0 aromatic carbocycles. The summed E-state index contributed by atoms with van der Waals surface area (Å²) in [5.41, 5.74) is 0. The number of hydrogen-bond donors (Lipinski definition) is 1. The van der Waals surface area contributed by atoms with Crippen molar-refractivity contribution in [1.29, 1.82) is 0 Å². The topological polar surface area (TPSA) is 40.5 Å². The average Bonchev–Trinajstić information content (AvgIpc) is 1.94. The Hall–Kier alpha value is -0.570. The van der Waals surface area contributed by atoms with Crippen molar-refractivity contribution >= 4 is 5.97 Å². The molecule has 2 atom stereocenters. The molecule has 0 aliphatic carbocycles. The molecule has 0 bridgehead atoms. The highest BCUT2D eigenvalue weighted by Crippen LogP contribution is 2.21. The van der Waals surface area contributed by atoms with Gasteiger partial charge in [-0.1, -0.05) is 6.92 Å². The lowest BCUT2D eigenvalue weighted by molar-refractivity contribution is -0.139. The van der Waals surface area contributed by atoms with E-state index in [1.165, 1.54) is 0 Å². The number of nitrogens with zero attached hydrogens (tertiary/aromatic N) is 1. The van der Waals surface area contributed by atoms with Gasteiger partial charge in [0.25, 0.3) is 0 Å². The summed E-state index contributed by atoms with van der Waals surface area (Å²) in [6, 6.07) is 0.435. The van der Waals surface area contributed by atoms with Crippen LogP contribution in [0.2, 0.25) is 0 Å². The predicted molar refractivity (Wildman–Crippen MR) is 47.1 cm³/mol. The van der Waals surface area contributed by atoms with E-state index in [4.69, 9.17) is 5.11 Å². The van der Waals surface area contributed by atoms with Crippen LogP contribution in [0.1, 0.15) is 26.7 Å². The Morgan fingerprint density at radius 2 is 2.25 bits per heavy atom. The van der Waals surface area contributed by atoms with E-state index in [1.54, 1.807) is 0 Å². The molecule has 12 heavy (non-hydrogen) atoms. The molecule has 1 saturated heterocycles. The quantitative estimate of drug-likeness (QED) is 0.678. The molecule has 0 amide bonds. The fourth-order valence-corrected chi connectivity index (χ4v) is 1.86. The van der Waals surface area contributed by atoms with Crippen LogP contribution in [0, 0.1) is 5.92 Å². The van der Waals surface area contributed by atoms with Gasteiger partial charge in [-0.2, -0.15) is 0 Å². The first-order valence-corrected chi connectivity index (χ1v) is 4.55. The minimum atomic E-state index is -0.712. The molecule has 1 aliphatic heterocycles. The van der Waals surface area contributed by atoms with Crippen LogP contribution in [0.15, 0.2) is 0 Å². The number of rotatable bonds is 2. The number of carboxylic acid groups (broad SMARTS) is 1. The molecule has 0 aromatic heterocycles. The van der Waals surface area contributed by atoms with E-state index >= 15 is 0 Å². The molecular weight excluding hydrogens is 154 g/mol. The molecule has 3 heteroatoms. The molecule has 2 unspecified atom stereocenters. The number of aliphatic carboxylic acids is 1. The molecule has 0 saturated carbocycles. The van der Waals surface area contributed by atoms with Crippen LogP contribution in [-0.2, 0) is 4.79 Å². The Morgan fingerprint density at radius 3 is 2.75 bits per heavy atom. The molecule has 1 fully saturated rings. The average molecular weight is 171 g/mol. The summed E-state index contributed by atoms with van der Waals surface area (Å²) < 4.78 is 0. The van der Waals surface area contributed by atoms with Crippen molar-refractivity contribution in [3.05, 3.63) is 0 Å². The van der Waals surface area contributed by atoms with Gasteiger partial charge in [-0.3, -0.25) is 9.69 Å². The molecule has 1 N–H and O–H groups in total. The van der Waals surface area contributed by atoms with Crippen LogP contribution < -0.4 is 0 Å². The van der Waals surface area contributed by atoms with Gasteiger partial charge in [-0.25, -0.2) is 0 Å². The summed E-state index contributed by atoms with van der Waals surface area (Å²) in [7, 11) is 0. The molecule has 0 aromatic rings. The predicted octanol–water partition coefficient (Wildman–Crippen LogP) is 1.19. The van der Waals surface area contributed by atoms with Crippen molar-refractivity contribution < 1.29 is 9.90 Å². The van der Waals surface area contributed by atoms with Crippen molar-refractivity contribution in [2.75, 3.05) is 13.1 Å². The van der Waals surface area contributed by atoms with E-state index in [2.05, 4.69) is 13.8 Å². The zero-order chi connectivity index (χ0) is 9.14. The Morgan fingerprint density at radius 1 is 1.58 bits per heavy atom. The minimum absolute atomic E-state index is 0.202. The highest BCUT2D eigenvalue weighted by Gasteiger charge is 2.23. The van der Waals surface area contributed by atoms with Crippen LogP contribution in [0.5, 0.6) is 0 Å². The third-order valence-corrected chi connectivity index (χ3v) is 2.61. The largest absolute Gasteiger partial charge is 0.480 e. The number of likely N-dealkylation sites (tertiary alicyclic amines) is 1. The Balaban J connectivity index is 2.39. The first-order valence-electron chi connectivity index (χ1n) is 4.55. The van der Waals surface area contributed by atoms with Crippen LogP contribution >= 0.6 is 0 Å². The van der Waals surface area contributed by atoms with E-state index in [9.17, 15) is 4.79 Å². The van der Waals surface area contributed by atoms with Gasteiger partial charge in [-0.05, 0) is 32.2 Å². The molecule has 0 radical (unpaired) electrons. The molecule has 1 rings (SSSR count). The zero-order valence-corrected chi connectivity index (χ0v) is 7.79. The maximum absolute atomic E-state index is 10.5. The summed E-state index contributed by atoms with van der Waals surface area (Å²) in [4.78, 5) is 12.5. The van der Waals surface area contributed by atoms with Gasteiger partial charge >= 0.3 is 5.97 Å². The van der Waals surface area contributed by atoms with Gasteiger partial charge in [0.15, 0.2) is 0 Å².